The quantitative estimate of drug-likeness (QED) is 0.0571. The molecule has 68 heavy (non-hydrogen) atoms. The lowest BCUT2D eigenvalue weighted by atomic mass is 9.96. The van der Waals surface area contributed by atoms with Gasteiger partial charge in [0.1, 0.15) is 146 Å². The Kier molecular flexibility index (Phi) is 19.9. The second-order valence-corrected chi connectivity index (χ2v) is 17.0. The van der Waals surface area contributed by atoms with E-state index in [-0.39, 0.29) is 0 Å². The molecule has 6 aliphatic heterocycles. The van der Waals surface area contributed by atoms with E-state index >= 15 is 0 Å². The predicted molar refractivity (Wildman–Crippen MR) is 204 cm³/mol. The molecule has 6 saturated heterocycles. The maximum atomic E-state index is 11.9. The van der Waals surface area contributed by atoms with Gasteiger partial charge in [-0.2, -0.15) is 0 Å². The Hall–Kier alpha value is -1.24. The third-order valence-electron chi connectivity index (χ3n) is 12.6. The number of hydrogen-bond donors (Lipinski definition) is 19. The van der Waals surface area contributed by atoms with Crippen LogP contribution in [0.25, 0.3) is 0 Å². The molecule has 0 radical (unpaired) electrons. The van der Waals surface area contributed by atoms with Crippen molar-refractivity contribution in [3.05, 3.63) is 0 Å². The van der Waals surface area contributed by atoms with Crippen LogP contribution in [0, 0.1) is 0 Å². The van der Waals surface area contributed by atoms with Crippen molar-refractivity contribution in [2.24, 2.45) is 0 Å². The second-order valence-electron chi connectivity index (χ2n) is 17.0. The van der Waals surface area contributed by atoms with Crippen LogP contribution < -0.4 is 0 Å². The van der Waals surface area contributed by atoms with Gasteiger partial charge in [-0.1, -0.05) is 0 Å². The Morgan fingerprint density at radius 1 is 0.324 bits per heavy atom. The molecule has 0 spiro atoms. The third-order valence-corrected chi connectivity index (χ3v) is 12.6. The summed E-state index contributed by atoms with van der Waals surface area (Å²) in [5.74, 6) is 0. The Morgan fingerprint density at radius 2 is 0.632 bits per heavy atom. The standard InChI is InChI=1S/C37H64O31/c1-57-32-22(54)30(27(12(6-42)60-32)64-33-19(51)16(48)14(46)10(4-40)58-33)68-37-23(55)29(26(63-37)9(45)3-39)66-36-24(56)31(67-35-21(53)18(50)25(62-35)8(44)2-38)28(13(7-43)61-36)65-34-20(52)17(49)15(47)11(5-41)59-34/h8-56H,2-7H2,1H3/t8-,9-,10?,11?,12?,13?,14+,15+,16+,17+,18?,19?,20?,21+,22?,23+,24?,25+,26+,27+,28+,29?,30-,31-,32+,33-,34-,35+,36-,37+/m1/s1. The molecule has 0 aliphatic carbocycles. The van der Waals surface area contributed by atoms with Gasteiger partial charge in [0.2, 0.25) is 0 Å². The van der Waals surface area contributed by atoms with Gasteiger partial charge in [0, 0.05) is 7.11 Å². The van der Waals surface area contributed by atoms with Gasteiger partial charge in [-0.3, -0.25) is 0 Å². The molecule has 0 bridgehead atoms. The summed E-state index contributed by atoms with van der Waals surface area (Å²) >= 11 is 0. The Morgan fingerprint density at radius 3 is 1.07 bits per heavy atom. The maximum absolute atomic E-state index is 11.9. The summed E-state index contributed by atoms with van der Waals surface area (Å²) in [5.41, 5.74) is 0. The first-order chi connectivity index (χ1) is 32.3. The fourth-order valence-electron chi connectivity index (χ4n) is 8.72. The van der Waals surface area contributed by atoms with E-state index in [0.29, 0.717) is 0 Å². The Labute approximate surface area is 384 Å². The number of aliphatic hydroxyl groups excluding tert-OH is 19. The first-order valence-electron chi connectivity index (χ1n) is 21.5. The number of methoxy groups -OCH3 is 1. The zero-order valence-electron chi connectivity index (χ0n) is 36.0. The number of hydrogen-bond acceptors (Lipinski definition) is 31. The van der Waals surface area contributed by atoms with Crippen molar-refractivity contribution < 1.29 is 154 Å². The van der Waals surface area contributed by atoms with E-state index in [1.54, 1.807) is 0 Å². The van der Waals surface area contributed by atoms with E-state index < -0.39 is 224 Å². The highest BCUT2D eigenvalue weighted by Crippen LogP contribution is 2.39. The minimum Gasteiger partial charge on any atom is -0.394 e. The summed E-state index contributed by atoms with van der Waals surface area (Å²) in [6, 6.07) is 0. The molecule has 10 unspecified atom stereocenters. The molecule has 0 aromatic heterocycles. The fourth-order valence-corrected chi connectivity index (χ4v) is 8.72. The first-order valence-corrected chi connectivity index (χ1v) is 21.5. The van der Waals surface area contributed by atoms with Crippen LogP contribution in [0.2, 0.25) is 0 Å². The molecule has 6 rings (SSSR count). The van der Waals surface area contributed by atoms with Crippen LogP contribution in [-0.4, -0.2) is 328 Å². The molecule has 6 fully saturated rings. The Bertz CT molecular complexity index is 1520. The SMILES string of the molecule is CO[C@H]1OC(CO)[C@H](O[C@H]2OC(CO)[C@H](O)[C@H](O)C2O)[C@H](O[C@@H]2O[C@@H]([C@H](O)CO)C(O[C@H]3OC(CO)[C@H](O[C@H]4OC(CO)[C@H](O)[C@H](O)C4O)[C@H](O[C@@H]4O[C@@H]([C@H](O)CO)C(O)[C@@H]4O)C3O)[C@@H]2O)C1O. The van der Waals surface area contributed by atoms with E-state index in [0.717, 1.165) is 7.11 Å². The van der Waals surface area contributed by atoms with Gasteiger partial charge in [-0.05, 0) is 0 Å². The van der Waals surface area contributed by atoms with E-state index in [9.17, 15) is 97.0 Å². The molecule has 0 saturated carbocycles. The number of ether oxygens (including phenoxy) is 12. The van der Waals surface area contributed by atoms with Crippen LogP contribution in [0.5, 0.6) is 0 Å². The first kappa shape index (κ1) is 56.1. The van der Waals surface area contributed by atoms with E-state index in [1.165, 1.54) is 0 Å². The highest BCUT2D eigenvalue weighted by molar-refractivity contribution is 5.01. The zero-order chi connectivity index (χ0) is 50.0. The van der Waals surface area contributed by atoms with Gasteiger partial charge in [0.15, 0.2) is 37.7 Å². The van der Waals surface area contributed by atoms with Crippen molar-refractivity contribution >= 4 is 0 Å². The van der Waals surface area contributed by atoms with E-state index in [1.807, 2.05) is 0 Å². The maximum Gasteiger partial charge on any atom is 0.187 e. The third kappa shape index (κ3) is 11.3. The highest BCUT2D eigenvalue weighted by Gasteiger charge is 2.59. The fraction of sp³-hybridized carbons (Fsp3) is 1.00. The highest BCUT2D eigenvalue weighted by atomic mass is 16.8. The predicted octanol–water partition coefficient (Wildman–Crippen LogP) is -13.4. The molecule has 6 aliphatic rings. The summed E-state index contributed by atoms with van der Waals surface area (Å²) in [4.78, 5) is 0. The van der Waals surface area contributed by atoms with Crippen LogP contribution in [0.4, 0.5) is 0 Å². The molecule has 398 valence electrons. The van der Waals surface area contributed by atoms with Crippen molar-refractivity contribution in [2.45, 2.75) is 184 Å². The van der Waals surface area contributed by atoms with E-state index in [2.05, 4.69) is 0 Å². The lowest BCUT2D eigenvalue weighted by Gasteiger charge is -2.48. The number of rotatable bonds is 19. The lowest BCUT2D eigenvalue weighted by molar-refractivity contribution is -0.380. The molecular formula is C37H64O31. The minimum atomic E-state index is -2.28. The molecular weight excluding hydrogens is 940 g/mol. The van der Waals surface area contributed by atoms with Gasteiger partial charge in [-0.25, -0.2) is 0 Å². The summed E-state index contributed by atoms with van der Waals surface area (Å²) in [5, 5.41) is 200. The summed E-state index contributed by atoms with van der Waals surface area (Å²) in [6.07, 6.45) is -56.8. The van der Waals surface area contributed by atoms with Crippen molar-refractivity contribution in [3.63, 3.8) is 0 Å². The average Bonchev–Trinajstić information content (AvgIpc) is 3.80. The van der Waals surface area contributed by atoms with Crippen molar-refractivity contribution in [3.8, 4) is 0 Å². The molecule has 0 aromatic rings. The van der Waals surface area contributed by atoms with Gasteiger partial charge in [0.05, 0.1) is 39.6 Å². The molecule has 0 aromatic carbocycles. The van der Waals surface area contributed by atoms with Crippen LogP contribution in [0.3, 0.4) is 0 Å². The van der Waals surface area contributed by atoms with Gasteiger partial charge in [0.25, 0.3) is 0 Å². The van der Waals surface area contributed by atoms with Crippen molar-refractivity contribution in [2.75, 3.05) is 46.8 Å². The van der Waals surface area contributed by atoms with Crippen LogP contribution in [0.1, 0.15) is 0 Å². The van der Waals surface area contributed by atoms with E-state index in [4.69, 9.17) is 56.8 Å². The summed E-state index contributed by atoms with van der Waals surface area (Å²) < 4.78 is 68.1. The Balaban J connectivity index is 1.28. The topological polar surface area (TPSA) is 495 Å². The van der Waals surface area contributed by atoms with Gasteiger partial charge < -0.3 is 154 Å². The van der Waals surface area contributed by atoms with Crippen LogP contribution >= 0.6 is 0 Å². The van der Waals surface area contributed by atoms with Crippen LogP contribution in [-0.2, 0) is 56.8 Å². The normalized spacial score (nSPS) is 51.2. The summed E-state index contributed by atoms with van der Waals surface area (Å²) in [6.45, 7) is -5.81. The zero-order valence-corrected chi connectivity index (χ0v) is 36.0. The largest absolute Gasteiger partial charge is 0.394 e. The van der Waals surface area contributed by atoms with Crippen molar-refractivity contribution in [1.29, 1.82) is 0 Å². The molecule has 6 heterocycles. The molecule has 30 atom stereocenters. The smallest absolute Gasteiger partial charge is 0.187 e. The lowest BCUT2D eigenvalue weighted by Crippen LogP contribution is -2.66. The molecule has 31 nitrogen and oxygen atoms in total. The molecule has 31 heteroatoms. The second kappa shape index (κ2) is 24.2. The van der Waals surface area contributed by atoms with Gasteiger partial charge >= 0.3 is 0 Å². The van der Waals surface area contributed by atoms with Gasteiger partial charge in [-0.15, -0.1) is 0 Å². The monoisotopic (exact) mass is 1000 g/mol. The molecule has 19 N–H and O–H groups in total. The summed E-state index contributed by atoms with van der Waals surface area (Å²) in [7, 11) is 1.10. The number of aliphatic hydroxyl groups is 19. The molecule has 0 amide bonds. The van der Waals surface area contributed by atoms with Crippen molar-refractivity contribution in [1.82, 2.24) is 0 Å². The van der Waals surface area contributed by atoms with Crippen LogP contribution in [0.15, 0.2) is 0 Å². The average molecular weight is 1000 g/mol. The minimum absolute atomic E-state index is 0.867.